The first-order valence-electron chi connectivity index (χ1n) is 39.0. The van der Waals surface area contributed by atoms with E-state index in [2.05, 4.69) is 132 Å². The summed E-state index contributed by atoms with van der Waals surface area (Å²) in [5.41, 5.74) is 6.10. The van der Waals surface area contributed by atoms with Gasteiger partial charge in [0.2, 0.25) is 0 Å². The minimum atomic E-state index is 1.14. The van der Waals surface area contributed by atoms with Gasteiger partial charge in [-0.3, -0.25) is 0 Å². The topological polar surface area (TPSA) is 0 Å². The van der Waals surface area contributed by atoms with Crippen molar-refractivity contribution in [1.29, 1.82) is 0 Å². The van der Waals surface area contributed by atoms with Crippen molar-refractivity contribution in [2.75, 3.05) is 0 Å². The van der Waals surface area contributed by atoms with Gasteiger partial charge in [0.15, 0.2) is 0 Å². The number of benzene rings is 13. The zero-order valence-corrected chi connectivity index (χ0v) is 61.0. The van der Waals surface area contributed by atoms with Gasteiger partial charge in [-0.15, -0.1) is 0 Å². The van der Waals surface area contributed by atoms with E-state index in [1.807, 2.05) is 0 Å². The Morgan fingerprint density at radius 1 is 0.163 bits per heavy atom. The van der Waals surface area contributed by atoms with E-state index < -0.39 is 0 Å². The second-order valence-corrected chi connectivity index (χ2v) is 31.8. The third-order valence-corrected chi connectivity index (χ3v) is 23.9. The minimum absolute atomic E-state index is 1.14. The van der Waals surface area contributed by atoms with Gasteiger partial charge in [0.1, 0.15) is 0 Å². The van der Waals surface area contributed by atoms with E-state index in [1.54, 1.807) is 0 Å². The van der Waals surface area contributed by atoms with Gasteiger partial charge in [-0.2, -0.15) is 0 Å². The highest BCUT2D eigenvalue weighted by atomic mass is 79.9. The first-order chi connectivity index (χ1) is 45.4. The summed E-state index contributed by atoms with van der Waals surface area (Å²) in [6.45, 7) is 9.33. The number of hydrogen-bond acceptors (Lipinski definition) is 0. The van der Waals surface area contributed by atoms with E-state index in [4.69, 9.17) is 0 Å². The summed E-state index contributed by atoms with van der Waals surface area (Å²) in [5.74, 6) is 0. The molecular formula is C90H112Br2. The monoisotopic (exact) mass is 1350 g/mol. The van der Waals surface area contributed by atoms with E-state index in [0.717, 1.165) is 25.7 Å². The average molecular weight is 1350 g/mol. The molecular weight excluding hydrogens is 1240 g/mol. The third kappa shape index (κ3) is 13.6. The number of aryl methyl sites for hydroxylation is 4. The molecule has 0 spiro atoms. The Bertz CT molecular complexity index is 3880. The summed E-state index contributed by atoms with van der Waals surface area (Å²) in [5, 5.41) is 35.9. The van der Waals surface area contributed by atoms with Crippen molar-refractivity contribution in [3.63, 3.8) is 0 Å². The van der Waals surface area contributed by atoms with Crippen LogP contribution in [-0.4, -0.2) is 0 Å². The van der Waals surface area contributed by atoms with Crippen molar-refractivity contribution in [2.45, 2.75) is 310 Å². The Morgan fingerprint density at radius 3 is 0.446 bits per heavy atom. The van der Waals surface area contributed by atoms with E-state index in [1.165, 1.54) is 417 Å². The largest absolute Gasteiger partial charge is 0.0654 e. The molecule has 0 aliphatic heterocycles. The molecule has 0 radical (unpaired) electrons. The molecule has 92 heavy (non-hydrogen) atoms. The first kappa shape index (κ1) is 66.1. The molecule has 0 atom stereocenters. The molecule has 0 saturated heterocycles. The smallest absolute Gasteiger partial charge is 0.0188 e. The predicted octanol–water partition coefficient (Wildman–Crippen LogP) is 31.5. The summed E-state index contributed by atoms with van der Waals surface area (Å²) in [4.78, 5) is 0. The number of halogens is 2. The van der Waals surface area contributed by atoms with Crippen LogP contribution in [-0.2, 0) is 25.7 Å². The van der Waals surface area contributed by atoms with Crippen LogP contribution < -0.4 is 0 Å². The lowest BCUT2D eigenvalue weighted by molar-refractivity contribution is 0.556. The third-order valence-electron chi connectivity index (χ3n) is 23.0. The molecule has 0 aliphatic carbocycles. The molecule has 13 aromatic carbocycles. The van der Waals surface area contributed by atoms with Crippen LogP contribution in [0.4, 0.5) is 0 Å². The molecule has 0 saturated carbocycles. The van der Waals surface area contributed by atoms with Crippen molar-refractivity contribution in [2.24, 2.45) is 0 Å². The van der Waals surface area contributed by atoms with Crippen LogP contribution in [0, 0.1) is 0 Å². The Hall–Kier alpha value is -4.50. The van der Waals surface area contributed by atoms with E-state index >= 15 is 0 Å². The van der Waals surface area contributed by atoms with Crippen molar-refractivity contribution < 1.29 is 0 Å². The van der Waals surface area contributed by atoms with Crippen LogP contribution in [0.1, 0.15) is 307 Å². The molecule has 0 amide bonds. The second kappa shape index (κ2) is 31.6. The van der Waals surface area contributed by atoms with E-state index in [0.29, 0.717) is 0 Å². The van der Waals surface area contributed by atoms with Crippen molar-refractivity contribution in [1.82, 2.24) is 0 Å². The first-order valence-corrected chi connectivity index (χ1v) is 40.6. The zero-order chi connectivity index (χ0) is 62.9. The molecule has 13 aromatic rings. The van der Waals surface area contributed by atoms with Crippen LogP contribution in [0.5, 0.6) is 0 Å². The Balaban J connectivity index is 0.991. The molecule has 0 heterocycles. The second-order valence-electron chi connectivity index (χ2n) is 30.0. The molecule has 0 N–H and O–H groups in total. The maximum atomic E-state index is 4.30. The summed E-state index contributed by atoms with van der Waals surface area (Å²) in [7, 11) is 0. The van der Waals surface area contributed by atoms with Crippen LogP contribution >= 0.6 is 31.9 Å². The lowest BCUT2D eigenvalue weighted by Gasteiger charge is -2.30. The molecule has 0 fully saturated rings. The van der Waals surface area contributed by atoms with Gasteiger partial charge < -0.3 is 0 Å². The highest BCUT2D eigenvalue weighted by molar-refractivity contribution is 9.10. The minimum Gasteiger partial charge on any atom is -0.0654 e. The van der Waals surface area contributed by atoms with Crippen molar-refractivity contribution in [3.05, 3.63) is 104 Å². The van der Waals surface area contributed by atoms with Gasteiger partial charge in [0.25, 0.3) is 0 Å². The SMILES string of the molecule is CCCCCCCCCCCCc1cc2c3cc(Br)cc4c5cc(CCCCCCCCCCCC)cc6c7cc(CCCCCCCCCCCC)cc8c9cc(Br)cc%10c%11cc(CCCCCCCCCCCC)cc%12c(c1)c2c1c(c34)c(c56)c(c87)c(c%109)c1c%11%12. The van der Waals surface area contributed by atoms with Crippen molar-refractivity contribution >= 4 is 161 Å². The lowest BCUT2D eigenvalue weighted by Crippen LogP contribution is -2.02. The Morgan fingerprint density at radius 2 is 0.293 bits per heavy atom. The van der Waals surface area contributed by atoms with E-state index in [-0.39, 0.29) is 0 Å². The van der Waals surface area contributed by atoms with Gasteiger partial charge in [-0.05, 0) is 227 Å². The Kier molecular flexibility index (Phi) is 22.7. The maximum absolute atomic E-state index is 4.30. The molecule has 2 heteroatoms. The maximum Gasteiger partial charge on any atom is 0.0188 e. The quantitative estimate of drug-likeness (QED) is 0.0203. The fourth-order valence-electron chi connectivity index (χ4n) is 18.3. The lowest BCUT2D eigenvalue weighted by atomic mass is 9.72. The van der Waals surface area contributed by atoms with Crippen molar-refractivity contribution in [3.8, 4) is 0 Å². The molecule has 13 rings (SSSR count). The number of unbranched alkanes of at least 4 members (excludes halogenated alkanes) is 36. The van der Waals surface area contributed by atoms with Crippen LogP contribution in [0.3, 0.4) is 0 Å². The van der Waals surface area contributed by atoms with E-state index in [9.17, 15) is 0 Å². The molecule has 0 nitrogen and oxygen atoms in total. The van der Waals surface area contributed by atoms with Gasteiger partial charge in [0.05, 0.1) is 0 Å². The van der Waals surface area contributed by atoms with Gasteiger partial charge >= 0.3 is 0 Å². The zero-order valence-electron chi connectivity index (χ0n) is 57.8. The summed E-state index contributed by atoms with van der Waals surface area (Å²) in [6.07, 6.45) is 59.2. The van der Waals surface area contributed by atoms with Gasteiger partial charge in [-0.25, -0.2) is 0 Å². The number of hydrogen-bond donors (Lipinski definition) is 0. The fourth-order valence-corrected chi connectivity index (χ4v) is 19.2. The number of fused-ring (bicyclic) bond motifs is 6. The van der Waals surface area contributed by atoms with Crippen LogP contribution in [0.15, 0.2) is 81.7 Å². The van der Waals surface area contributed by atoms with Crippen LogP contribution in [0.2, 0.25) is 0 Å². The molecule has 0 aliphatic rings. The fraction of sp³-hybridized carbons (Fsp3) is 0.533. The highest BCUT2D eigenvalue weighted by Crippen LogP contribution is 2.61. The standard InChI is InChI=1S/C90H112Br2/c1-5-9-13-17-21-25-29-33-37-41-45-61-49-67-68-50-62(46-42-38-34-30-26-22-18-14-10-6-2)54-72-77-59-66(92)60-78-74-56-64(48-44-40-36-32-28-24-20-16-12-8-4)52-70-69-51-63(47-43-39-35-31-27-23-19-15-11-7-3)55-73-76-58-65(91)57-75-71(53-61)79(67)85-86(80(68)72)90(84(77)78)88(82(70)74)87(81(69)73)89(85)83(75)76/h49-60H,5-48H2,1-4H3. The summed E-state index contributed by atoms with van der Waals surface area (Å²) >= 11 is 8.59. The van der Waals surface area contributed by atoms with Gasteiger partial charge in [-0.1, -0.05) is 339 Å². The number of rotatable bonds is 44. The van der Waals surface area contributed by atoms with Gasteiger partial charge in [0, 0.05) is 8.95 Å². The highest BCUT2D eigenvalue weighted by Gasteiger charge is 2.33. The average Bonchev–Trinajstić information content (AvgIpc) is 0.645. The predicted molar refractivity (Wildman–Crippen MR) is 421 cm³/mol. The Labute approximate surface area is 571 Å². The molecule has 0 bridgehead atoms. The van der Waals surface area contributed by atoms with Crippen LogP contribution in [0.25, 0.3) is 129 Å². The molecule has 486 valence electrons. The normalized spacial score (nSPS) is 12.8. The summed E-state index contributed by atoms with van der Waals surface area (Å²) < 4.78 is 2.41. The summed E-state index contributed by atoms with van der Waals surface area (Å²) in [6, 6.07) is 31.9. The molecule has 0 aromatic heterocycles. The molecule has 0 unspecified atom stereocenters.